The monoisotopic (exact) mass is 323 g/mol. The molecule has 0 amide bonds. The van der Waals surface area contributed by atoms with E-state index in [1.54, 1.807) is 0 Å². The quantitative estimate of drug-likeness (QED) is 0.921. The number of rotatable bonds is 2. The fourth-order valence-corrected chi connectivity index (χ4v) is 3.28. The number of hydrogen-bond acceptors (Lipinski definition) is 3. The van der Waals surface area contributed by atoms with E-state index in [4.69, 9.17) is 10.5 Å². The van der Waals surface area contributed by atoms with Crippen LogP contribution >= 0.6 is 15.9 Å². The van der Waals surface area contributed by atoms with Gasteiger partial charge in [0.25, 0.3) is 0 Å². The summed E-state index contributed by atoms with van der Waals surface area (Å²) in [5.41, 5.74) is 8.18. The van der Waals surface area contributed by atoms with Gasteiger partial charge in [-0.25, -0.2) is 4.98 Å². The number of fused-ring (bicyclic) bond motifs is 1. The van der Waals surface area contributed by atoms with Gasteiger partial charge in [0.1, 0.15) is 0 Å². The molecule has 1 aromatic heterocycles. The van der Waals surface area contributed by atoms with E-state index < -0.39 is 0 Å². The molecule has 5 heteroatoms. The molecule has 1 atom stereocenters. The molecule has 1 unspecified atom stereocenters. The van der Waals surface area contributed by atoms with Crippen molar-refractivity contribution in [2.75, 3.05) is 18.9 Å². The van der Waals surface area contributed by atoms with Crippen molar-refractivity contribution < 1.29 is 4.74 Å². The SMILES string of the molecule is CC(C1CCOCC1)n1c(N)nc2cc(Br)ccc21. The predicted molar refractivity (Wildman–Crippen MR) is 80.1 cm³/mol. The zero-order chi connectivity index (χ0) is 13.4. The summed E-state index contributed by atoms with van der Waals surface area (Å²) in [5, 5.41) is 0. The first kappa shape index (κ1) is 12.9. The number of nitrogens with two attached hydrogens (primary N) is 1. The number of nitrogen functional groups attached to an aromatic ring is 1. The van der Waals surface area contributed by atoms with Gasteiger partial charge in [0.2, 0.25) is 5.95 Å². The minimum atomic E-state index is 0.357. The Kier molecular flexibility index (Phi) is 3.50. The van der Waals surface area contributed by atoms with Crippen molar-refractivity contribution in [1.29, 1.82) is 0 Å². The topological polar surface area (TPSA) is 53.1 Å². The number of ether oxygens (including phenoxy) is 1. The number of nitrogens with zero attached hydrogens (tertiary/aromatic N) is 2. The average Bonchev–Trinajstić information content (AvgIpc) is 2.74. The summed E-state index contributed by atoms with van der Waals surface area (Å²) >= 11 is 3.47. The minimum Gasteiger partial charge on any atom is -0.381 e. The van der Waals surface area contributed by atoms with Crippen molar-refractivity contribution in [2.24, 2.45) is 5.92 Å². The Hall–Kier alpha value is -1.07. The summed E-state index contributed by atoms with van der Waals surface area (Å²) in [4.78, 5) is 4.47. The van der Waals surface area contributed by atoms with Crippen molar-refractivity contribution in [3.63, 3.8) is 0 Å². The Morgan fingerprint density at radius 3 is 2.89 bits per heavy atom. The number of anilines is 1. The number of imidazole rings is 1. The third-order valence-corrected chi connectivity index (χ3v) is 4.53. The number of benzene rings is 1. The number of aromatic nitrogens is 2. The van der Waals surface area contributed by atoms with Crippen LogP contribution in [0, 0.1) is 5.92 Å². The van der Waals surface area contributed by atoms with Crippen LogP contribution in [0.15, 0.2) is 22.7 Å². The maximum absolute atomic E-state index is 6.12. The molecule has 19 heavy (non-hydrogen) atoms. The fraction of sp³-hybridized carbons (Fsp3) is 0.500. The molecule has 0 spiro atoms. The molecule has 4 nitrogen and oxygen atoms in total. The molecule has 1 aromatic carbocycles. The van der Waals surface area contributed by atoms with Crippen molar-refractivity contribution in [2.45, 2.75) is 25.8 Å². The van der Waals surface area contributed by atoms with Crippen LogP contribution in [-0.2, 0) is 4.74 Å². The first-order chi connectivity index (χ1) is 9.16. The van der Waals surface area contributed by atoms with Gasteiger partial charge in [0.15, 0.2) is 0 Å². The van der Waals surface area contributed by atoms with Crippen LogP contribution < -0.4 is 5.73 Å². The van der Waals surface area contributed by atoms with E-state index in [0.29, 0.717) is 17.9 Å². The van der Waals surface area contributed by atoms with Crippen molar-refractivity contribution in [3.05, 3.63) is 22.7 Å². The first-order valence-corrected chi connectivity index (χ1v) is 7.47. The van der Waals surface area contributed by atoms with Crippen LogP contribution in [0.4, 0.5) is 5.95 Å². The van der Waals surface area contributed by atoms with Gasteiger partial charge in [-0.05, 0) is 43.9 Å². The molecule has 3 rings (SSSR count). The van der Waals surface area contributed by atoms with Crippen LogP contribution in [0.3, 0.4) is 0 Å². The summed E-state index contributed by atoms with van der Waals surface area (Å²) < 4.78 is 8.63. The van der Waals surface area contributed by atoms with Gasteiger partial charge in [0, 0.05) is 23.7 Å². The largest absolute Gasteiger partial charge is 0.381 e. The van der Waals surface area contributed by atoms with Crippen LogP contribution in [0.1, 0.15) is 25.8 Å². The molecular weight excluding hydrogens is 306 g/mol. The van der Waals surface area contributed by atoms with E-state index in [9.17, 15) is 0 Å². The van der Waals surface area contributed by atoms with Crippen molar-refractivity contribution in [3.8, 4) is 0 Å². The lowest BCUT2D eigenvalue weighted by Crippen LogP contribution is -2.24. The highest BCUT2D eigenvalue weighted by atomic mass is 79.9. The predicted octanol–water partition coefficient (Wildman–Crippen LogP) is 3.37. The van der Waals surface area contributed by atoms with Gasteiger partial charge < -0.3 is 15.0 Å². The first-order valence-electron chi connectivity index (χ1n) is 6.67. The fourth-order valence-electron chi connectivity index (χ4n) is 2.93. The second-order valence-corrected chi connectivity index (χ2v) is 6.08. The Bertz CT molecular complexity index is 590. The van der Waals surface area contributed by atoms with Crippen LogP contribution in [0.25, 0.3) is 11.0 Å². The van der Waals surface area contributed by atoms with E-state index in [1.807, 2.05) is 12.1 Å². The van der Waals surface area contributed by atoms with Crippen LogP contribution in [-0.4, -0.2) is 22.8 Å². The lowest BCUT2D eigenvalue weighted by atomic mass is 9.92. The summed E-state index contributed by atoms with van der Waals surface area (Å²) in [6.07, 6.45) is 2.19. The zero-order valence-corrected chi connectivity index (χ0v) is 12.6. The van der Waals surface area contributed by atoms with Crippen LogP contribution in [0.2, 0.25) is 0 Å². The van der Waals surface area contributed by atoms with Gasteiger partial charge in [-0.1, -0.05) is 15.9 Å². The zero-order valence-electron chi connectivity index (χ0n) is 11.0. The minimum absolute atomic E-state index is 0.357. The Morgan fingerprint density at radius 1 is 1.42 bits per heavy atom. The van der Waals surface area contributed by atoms with Crippen LogP contribution in [0.5, 0.6) is 0 Å². The highest BCUT2D eigenvalue weighted by Gasteiger charge is 2.24. The Labute approximate surface area is 121 Å². The van der Waals surface area contributed by atoms with Gasteiger partial charge in [-0.2, -0.15) is 0 Å². The molecule has 1 fully saturated rings. The second kappa shape index (κ2) is 5.13. The lowest BCUT2D eigenvalue weighted by molar-refractivity contribution is 0.0521. The van der Waals surface area contributed by atoms with E-state index >= 15 is 0 Å². The smallest absolute Gasteiger partial charge is 0.201 e. The van der Waals surface area contributed by atoms with E-state index in [1.165, 1.54) is 0 Å². The van der Waals surface area contributed by atoms with E-state index in [0.717, 1.165) is 41.6 Å². The molecule has 2 aromatic rings. The summed E-state index contributed by atoms with van der Waals surface area (Å²) in [6, 6.07) is 6.49. The van der Waals surface area contributed by atoms with Gasteiger partial charge in [-0.3, -0.25) is 0 Å². The maximum Gasteiger partial charge on any atom is 0.201 e. The Balaban J connectivity index is 2.01. The van der Waals surface area contributed by atoms with Crippen molar-refractivity contribution >= 4 is 32.9 Å². The van der Waals surface area contributed by atoms with Gasteiger partial charge in [-0.15, -0.1) is 0 Å². The lowest BCUT2D eigenvalue weighted by Gasteiger charge is -2.29. The normalized spacial score (nSPS) is 18.8. The molecule has 0 saturated carbocycles. The molecule has 1 aliphatic heterocycles. The van der Waals surface area contributed by atoms with Gasteiger partial charge >= 0.3 is 0 Å². The molecule has 1 aliphatic rings. The highest BCUT2D eigenvalue weighted by molar-refractivity contribution is 9.10. The molecule has 102 valence electrons. The summed E-state index contributed by atoms with van der Waals surface area (Å²) in [7, 11) is 0. The molecule has 1 saturated heterocycles. The van der Waals surface area contributed by atoms with E-state index in [-0.39, 0.29) is 0 Å². The molecular formula is C14H18BrN3O. The molecule has 0 bridgehead atoms. The number of halogens is 1. The second-order valence-electron chi connectivity index (χ2n) is 5.16. The Morgan fingerprint density at radius 2 is 2.16 bits per heavy atom. The standard InChI is InChI=1S/C14H18BrN3O/c1-9(10-4-6-19-7-5-10)18-13-3-2-11(15)8-12(13)17-14(18)16/h2-3,8-10H,4-7H2,1H3,(H2,16,17). The maximum atomic E-state index is 6.12. The molecule has 0 radical (unpaired) electrons. The molecule has 2 heterocycles. The molecule has 2 N–H and O–H groups in total. The third-order valence-electron chi connectivity index (χ3n) is 4.03. The van der Waals surface area contributed by atoms with Crippen molar-refractivity contribution in [1.82, 2.24) is 9.55 Å². The summed E-state index contributed by atoms with van der Waals surface area (Å²) in [6.45, 7) is 3.94. The average molecular weight is 324 g/mol. The van der Waals surface area contributed by atoms with E-state index in [2.05, 4.69) is 38.5 Å². The number of hydrogen-bond donors (Lipinski definition) is 1. The highest BCUT2D eigenvalue weighted by Crippen LogP contribution is 2.33. The van der Waals surface area contributed by atoms with Gasteiger partial charge in [0.05, 0.1) is 11.0 Å². The molecule has 0 aliphatic carbocycles. The summed E-state index contributed by atoms with van der Waals surface area (Å²) in [5.74, 6) is 1.21. The third kappa shape index (κ3) is 2.37.